The van der Waals surface area contributed by atoms with E-state index in [1.807, 2.05) is 4.90 Å². The Kier molecular flexibility index (Phi) is 9.49. The Morgan fingerprint density at radius 2 is 1.95 bits per heavy atom. The Labute approximate surface area is 242 Å². The van der Waals surface area contributed by atoms with Crippen molar-refractivity contribution in [2.75, 3.05) is 33.2 Å². The first-order valence-corrected chi connectivity index (χ1v) is 13.6. The van der Waals surface area contributed by atoms with Crippen molar-refractivity contribution in [1.82, 2.24) is 25.4 Å². The minimum absolute atomic E-state index is 0.00778. The molecule has 2 aliphatic heterocycles. The number of pyridine rings is 1. The van der Waals surface area contributed by atoms with Gasteiger partial charge in [0, 0.05) is 46.0 Å². The molecule has 1 aromatic heterocycles. The molecule has 1 fully saturated rings. The highest BCUT2D eigenvalue weighted by atomic mass is 35.5. The summed E-state index contributed by atoms with van der Waals surface area (Å²) in [4.78, 5) is 50.0. The molecular weight excluding hydrogens is 557 g/mol. The number of aliphatic imine (C=N–C) groups is 1. The van der Waals surface area contributed by atoms with Crippen molar-refractivity contribution < 1.29 is 19.5 Å². The van der Waals surface area contributed by atoms with Crippen molar-refractivity contribution in [3.8, 4) is 0 Å². The molecule has 0 aliphatic carbocycles. The summed E-state index contributed by atoms with van der Waals surface area (Å²) in [5, 5.41) is 15.5. The van der Waals surface area contributed by atoms with Gasteiger partial charge in [-0.15, -0.1) is 0 Å². The number of benzene rings is 1. The van der Waals surface area contributed by atoms with E-state index in [0.717, 1.165) is 25.9 Å². The van der Waals surface area contributed by atoms with E-state index in [0.29, 0.717) is 35.7 Å². The molecule has 4 rings (SSSR count). The summed E-state index contributed by atoms with van der Waals surface area (Å²) in [5.74, 6) is -1.69. The Balaban J connectivity index is 1.46. The summed E-state index contributed by atoms with van der Waals surface area (Å²) in [5.41, 5.74) is 8.00. The monoisotopic (exact) mass is 587 g/mol. The number of rotatable bonds is 7. The fraction of sp³-hybridized carbons (Fsp3) is 0.370. The van der Waals surface area contributed by atoms with Gasteiger partial charge in [-0.1, -0.05) is 29.3 Å². The number of aliphatic carboxylic acids is 1. The van der Waals surface area contributed by atoms with Crippen LogP contribution in [0.15, 0.2) is 41.2 Å². The first-order valence-electron chi connectivity index (χ1n) is 12.9. The standard InChI is InChI=1S/C27H31Cl2N7O4/c1-31-27(35-9-4-5-10-35)33-14-21(26(39)40)34-24(37)22-19(28)12-16-15-36(11-7-18(16)23(22)29)25(38)20(30)13-17-6-2-3-8-32-17/h2-3,6,8,12-13,21H,4-5,7,9-11,14-15,30H2,1H3,(H,31,33)(H,34,37)(H,39,40)/t21-/m0/s1. The molecule has 40 heavy (non-hydrogen) atoms. The summed E-state index contributed by atoms with van der Waals surface area (Å²) in [6.07, 6.45) is 5.56. The topological polar surface area (TPSA) is 153 Å². The van der Waals surface area contributed by atoms with Crippen molar-refractivity contribution in [3.63, 3.8) is 0 Å². The number of nitrogens with two attached hydrogens (primary N) is 1. The van der Waals surface area contributed by atoms with E-state index in [1.165, 1.54) is 6.08 Å². The minimum atomic E-state index is -1.25. The molecule has 2 aliphatic rings. The number of nitrogens with zero attached hydrogens (tertiary/aromatic N) is 4. The second-order valence-corrected chi connectivity index (χ2v) is 10.3. The van der Waals surface area contributed by atoms with Gasteiger partial charge < -0.3 is 31.3 Å². The lowest BCUT2D eigenvalue weighted by atomic mass is 9.96. The maximum Gasteiger partial charge on any atom is 0.328 e. The molecule has 0 unspecified atom stereocenters. The predicted octanol–water partition coefficient (Wildman–Crippen LogP) is 2.13. The Morgan fingerprint density at radius 3 is 2.60 bits per heavy atom. The van der Waals surface area contributed by atoms with Crippen LogP contribution in [0.4, 0.5) is 0 Å². The SMILES string of the molecule is CN=C(NC[C@H](NC(=O)c1c(Cl)cc2c(c1Cl)CCN(C(=O)C(N)=Cc1ccccn1)C2)C(=O)O)N1CCCC1. The highest BCUT2D eigenvalue weighted by Crippen LogP contribution is 2.35. The summed E-state index contributed by atoms with van der Waals surface area (Å²) < 4.78 is 0. The third-order valence-electron chi connectivity index (χ3n) is 6.84. The van der Waals surface area contributed by atoms with Gasteiger partial charge in [-0.3, -0.25) is 19.6 Å². The van der Waals surface area contributed by atoms with Crippen LogP contribution in [-0.2, 0) is 22.6 Å². The molecule has 0 spiro atoms. The minimum Gasteiger partial charge on any atom is -0.480 e. The molecule has 5 N–H and O–H groups in total. The van der Waals surface area contributed by atoms with Gasteiger partial charge in [0.15, 0.2) is 5.96 Å². The number of amides is 2. The van der Waals surface area contributed by atoms with Crippen LogP contribution in [0, 0.1) is 0 Å². The molecular formula is C27H31Cl2N7O4. The van der Waals surface area contributed by atoms with Gasteiger partial charge in [0.2, 0.25) is 0 Å². The second kappa shape index (κ2) is 13.0. The zero-order valence-corrected chi connectivity index (χ0v) is 23.5. The molecule has 2 amide bonds. The lowest BCUT2D eigenvalue weighted by Crippen LogP contribution is -2.51. The molecule has 0 radical (unpaired) electrons. The highest BCUT2D eigenvalue weighted by molar-refractivity contribution is 6.40. The smallest absolute Gasteiger partial charge is 0.328 e. The molecule has 1 aromatic carbocycles. The Bertz CT molecular complexity index is 1340. The summed E-state index contributed by atoms with van der Waals surface area (Å²) >= 11 is 13.1. The van der Waals surface area contributed by atoms with Crippen LogP contribution in [-0.4, -0.2) is 82.9 Å². The quantitative estimate of drug-likeness (QED) is 0.218. The summed E-state index contributed by atoms with van der Waals surface area (Å²) in [7, 11) is 1.63. The van der Waals surface area contributed by atoms with Gasteiger partial charge >= 0.3 is 5.97 Å². The van der Waals surface area contributed by atoms with Crippen molar-refractivity contribution in [3.05, 3.63) is 68.6 Å². The largest absolute Gasteiger partial charge is 0.480 e. The zero-order valence-electron chi connectivity index (χ0n) is 22.0. The van der Waals surface area contributed by atoms with Crippen LogP contribution in [0.5, 0.6) is 0 Å². The number of carboxylic acids is 1. The number of aromatic nitrogens is 1. The van der Waals surface area contributed by atoms with Crippen LogP contribution in [0.1, 0.15) is 40.0 Å². The fourth-order valence-corrected chi connectivity index (χ4v) is 5.55. The molecule has 2 aromatic rings. The number of nitrogens with one attached hydrogen (secondary N) is 2. The van der Waals surface area contributed by atoms with E-state index < -0.39 is 17.9 Å². The van der Waals surface area contributed by atoms with Crippen LogP contribution >= 0.6 is 23.2 Å². The van der Waals surface area contributed by atoms with Gasteiger partial charge in [0.05, 0.1) is 27.0 Å². The lowest BCUT2D eigenvalue weighted by Gasteiger charge is -2.30. The van der Waals surface area contributed by atoms with E-state index in [2.05, 4.69) is 20.6 Å². The molecule has 0 saturated carbocycles. The predicted molar refractivity (Wildman–Crippen MR) is 153 cm³/mol. The number of carbonyl (C=O) groups excluding carboxylic acids is 2. The summed E-state index contributed by atoms with van der Waals surface area (Å²) in [6.45, 7) is 2.11. The van der Waals surface area contributed by atoms with Crippen LogP contribution < -0.4 is 16.4 Å². The fourth-order valence-electron chi connectivity index (χ4n) is 4.78. The average Bonchev–Trinajstić information content (AvgIpc) is 3.47. The first-order chi connectivity index (χ1) is 19.2. The van der Waals surface area contributed by atoms with Crippen LogP contribution in [0.2, 0.25) is 10.0 Å². The maximum atomic E-state index is 13.2. The van der Waals surface area contributed by atoms with E-state index in [-0.39, 0.29) is 40.3 Å². The van der Waals surface area contributed by atoms with Gasteiger partial charge in [0.1, 0.15) is 6.04 Å². The Hall–Kier alpha value is -3.83. The number of likely N-dealkylation sites (tertiary alicyclic amines) is 1. The van der Waals surface area contributed by atoms with E-state index in [4.69, 9.17) is 28.9 Å². The van der Waals surface area contributed by atoms with Crippen molar-refractivity contribution in [1.29, 1.82) is 0 Å². The maximum absolute atomic E-state index is 13.2. The number of carbonyl (C=O) groups is 3. The van der Waals surface area contributed by atoms with Crippen molar-refractivity contribution >= 4 is 53.0 Å². The van der Waals surface area contributed by atoms with Crippen molar-refractivity contribution in [2.45, 2.75) is 31.8 Å². The lowest BCUT2D eigenvalue weighted by molar-refractivity contribution is -0.139. The van der Waals surface area contributed by atoms with E-state index >= 15 is 0 Å². The number of halogens is 2. The van der Waals surface area contributed by atoms with Gasteiger partial charge in [-0.25, -0.2) is 4.79 Å². The van der Waals surface area contributed by atoms with Gasteiger partial charge in [-0.2, -0.15) is 0 Å². The summed E-state index contributed by atoms with van der Waals surface area (Å²) in [6, 6.07) is 5.64. The molecule has 1 saturated heterocycles. The van der Waals surface area contributed by atoms with Crippen LogP contribution in [0.25, 0.3) is 6.08 Å². The number of guanidine groups is 1. The molecule has 11 nitrogen and oxygen atoms in total. The van der Waals surface area contributed by atoms with Crippen molar-refractivity contribution in [2.24, 2.45) is 10.7 Å². The van der Waals surface area contributed by atoms with E-state index in [9.17, 15) is 19.5 Å². The van der Waals surface area contributed by atoms with E-state index in [1.54, 1.807) is 42.4 Å². The molecule has 0 bridgehead atoms. The van der Waals surface area contributed by atoms with Crippen LogP contribution in [0.3, 0.4) is 0 Å². The second-order valence-electron chi connectivity index (χ2n) is 9.50. The molecule has 13 heteroatoms. The molecule has 1 atom stereocenters. The first kappa shape index (κ1) is 29.2. The van der Waals surface area contributed by atoms with Gasteiger partial charge in [-0.05, 0) is 54.7 Å². The third kappa shape index (κ3) is 6.65. The normalized spacial score (nSPS) is 16.4. The third-order valence-corrected chi connectivity index (χ3v) is 7.56. The average molecular weight is 588 g/mol. The van der Waals surface area contributed by atoms with Gasteiger partial charge in [0.25, 0.3) is 11.8 Å². The molecule has 3 heterocycles. The number of fused-ring (bicyclic) bond motifs is 1. The highest BCUT2D eigenvalue weighted by Gasteiger charge is 2.30. The number of hydrogen-bond donors (Lipinski definition) is 4. The molecule has 212 valence electrons. The number of carboxylic acid groups (broad SMARTS) is 1. The zero-order chi connectivity index (χ0) is 28.8. The number of hydrogen-bond acceptors (Lipinski definition) is 6. The Morgan fingerprint density at radius 1 is 1.20 bits per heavy atom.